The lowest BCUT2D eigenvalue weighted by Crippen LogP contribution is -1.91. The number of para-hydroxylation sites is 1. The van der Waals surface area contributed by atoms with Crippen LogP contribution in [0.5, 0.6) is 11.5 Å². The standard InChI is InChI=1S/C17H12N2O2/c1-18-17(19-2)16(20-3)13-9-11-15(12-10-13)21-14-7-5-4-6-8-14/h4-12H,3H3. The molecule has 102 valence electrons. The number of hydrogen-bond acceptors (Lipinski definition) is 2. The smallest absolute Gasteiger partial charge is 0.500 e. The van der Waals surface area contributed by atoms with E-state index >= 15 is 0 Å². The van der Waals surface area contributed by atoms with Crippen LogP contribution in [0.1, 0.15) is 5.56 Å². The molecule has 0 saturated heterocycles. The van der Waals surface area contributed by atoms with E-state index in [1.165, 1.54) is 7.11 Å². The summed E-state index contributed by atoms with van der Waals surface area (Å²) in [6, 6.07) is 16.5. The highest BCUT2D eigenvalue weighted by Gasteiger charge is 2.17. The highest BCUT2D eigenvalue weighted by molar-refractivity contribution is 5.66. The van der Waals surface area contributed by atoms with Gasteiger partial charge in [-0.25, -0.2) is 0 Å². The maximum Gasteiger partial charge on any atom is 0.562 e. The second kappa shape index (κ2) is 6.79. The van der Waals surface area contributed by atoms with E-state index in [0.717, 1.165) is 5.75 Å². The zero-order valence-electron chi connectivity index (χ0n) is 11.4. The largest absolute Gasteiger partial charge is 0.562 e. The topological polar surface area (TPSA) is 27.2 Å². The van der Waals surface area contributed by atoms with Gasteiger partial charge in [0.15, 0.2) is 0 Å². The van der Waals surface area contributed by atoms with Crippen molar-refractivity contribution >= 4 is 5.76 Å². The van der Waals surface area contributed by atoms with Crippen LogP contribution in [0.4, 0.5) is 0 Å². The first kappa shape index (κ1) is 14.2. The molecule has 21 heavy (non-hydrogen) atoms. The Labute approximate surface area is 123 Å². The summed E-state index contributed by atoms with van der Waals surface area (Å²) >= 11 is 0. The van der Waals surface area contributed by atoms with E-state index in [4.69, 9.17) is 22.6 Å². The van der Waals surface area contributed by atoms with Crippen molar-refractivity contribution in [1.82, 2.24) is 0 Å². The van der Waals surface area contributed by atoms with Crippen molar-refractivity contribution in [3.05, 3.63) is 88.8 Å². The maximum absolute atomic E-state index is 6.98. The lowest BCUT2D eigenvalue weighted by Gasteiger charge is -2.07. The van der Waals surface area contributed by atoms with Crippen LogP contribution in [0.25, 0.3) is 15.4 Å². The van der Waals surface area contributed by atoms with Gasteiger partial charge in [-0.2, -0.15) is 9.69 Å². The van der Waals surface area contributed by atoms with E-state index in [9.17, 15) is 0 Å². The summed E-state index contributed by atoms with van der Waals surface area (Å²) in [6.07, 6.45) is 0. The molecular weight excluding hydrogens is 264 g/mol. The van der Waals surface area contributed by atoms with Crippen molar-refractivity contribution < 1.29 is 9.47 Å². The minimum absolute atomic E-state index is 0.0887. The van der Waals surface area contributed by atoms with Gasteiger partial charge in [-0.15, -0.1) is 0 Å². The van der Waals surface area contributed by atoms with Crippen molar-refractivity contribution in [3.63, 3.8) is 0 Å². The summed E-state index contributed by atoms with van der Waals surface area (Å²) in [5.74, 6) is 1.60. The number of methoxy groups -OCH3 is 1. The Morgan fingerprint density at radius 1 is 0.857 bits per heavy atom. The second-order valence-electron chi connectivity index (χ2n) is 4.02. The molecule has 0 unspecified atom stereocenters. The maximum atomic E-state index is 6.98. The SMILES string of the molecule is [C-]#[N+]C([N+]#[C-])=C(OC)c1ccc(Oc2ccccc2)cc1. The third kappa shape index (κ3) is 3.40. The van der Waals surface area contributed by atoms with Crippen LogP contribution in [0.15, 0.2) is 60.4 Å². The molecule has 4 nitrogen and oxygen atoms in total. The number of benzene rings is 2. The summed E-state index contributed by atoms with van der Waals surface area (Å²) in [7, 11) is 1.44. The Kier molecular flexibility index (Phi) is 4.58. The average Bonchev–Trinajstić information content (AvgIpc) is 2.54. The lowest BCUT2D eigenvalue weighted by molar-refractivity contribution is 0.368. The monoisotopic (exact) mass is 276 g/mol. The van der Waals surface area contributed by atoms with E-state index in [2.05, 4.69) is 9.69 Å². The molecule has 0 N–H and O–H groups in total. The van der Waals surface area contributed by atoms with Gasteiger partial charge in [0.2, 0.25) is 5.76 Å². The molecule has 0 bridgehead atoms. The van der Waals surface area contributed by atoms with Crippen molar-refractivity contribution in [2.45, 2.75) is 0 Å². The summed E-state index contributed by atoms with van der Waals surface area (Å²) in [6.45, 7) is 14.0. The van der Waals surface area contributed by atoms with Crippen molar-refractivity contribution in [3.8, 4) is 11.5 Å². The van der Waals surface area contributed by atoms with Gasteiger partial charge in [0.05, 0.1) is 7.11 Å². The van der Waals surface area contributed by atoms with Crippen LogP contribution in [0.2, 0.25) is 0 Å². The first-order valence-electron chi connectivity index (χ1n) is 6.15. The molecule has 0 heterocycles. The van der Waals surface area contributed by atoms with Crippen molar-refractivity contribution in [1.29, 1.82) is 0 Å². The second-order valence-corrected chi connectivity index (χ2v) is 4.02. The van der Waals surface area contributed by atoms with Gasteiger partial charge in [-0.1, -0.05) is 18.2 Å². The number of ether oxygens (including phenoxy) is 2. The molecule has 2 aromatic carbocycles. The zero-order valence-corrected chi connectivity index (χ0v) is 11.4. The van der Waals surface area contributed by atoms with Gasteiger partial charge in [0.25, 0.3) is 0 Å². The molecule has 0 radical (unpaired) electrons. The Hall–Kier alpha value is -3.24. The summed E-state index contributed by atoms with van der Waals surface area (Å²) in [5, 5.41) is 0. The highest BCUT2D eigenvalue weighted by atomic mass is 16.5. The van der Waals surface area contributed by atoms with Gasteiger partial charge in [-0.05, 0) is 36.4 Å². The minimum atomic E-state index is -0.0887. The number of nitrogens with zero attached hydrogens (tertiary/aromatic N) is 2. The fourth-order valence-corrected chi connectivity index (χ4v) is 1.76. The Bertz CT molecular complexity index is 704. The molecule has 0 spiro atoms. The van der Waals surface area contributed by atoms with Gasteiger partial charge >= 0.3 is 5.82 Å². The van der Waals surface area contributed by atoms with E-state index < -0.39 is 0 Å². The van der Waals surface area contributed by atoms with Crippen LogP contribution in [-0.4, -0.2) is 7.11 Å². The van der Waals surface area contributed by atoms with Crippen molar-refractivity contribution in [2.24, 2.45) is 0 Å². The first-order chi connectivity index (χ1) is 10.3. The molecule has 0 aliphatic carbocycles. The molecule has 0 saturated carbocycles. The molecule has 0 atom stereocenters. The normalized spacial score (nSPS) is 9.10. The molecule has 0 aromatic heterocycles. The number of rotatable bonds is 4. The molecule has 0 aliphatic rings. The zero-order chi connectivity index (χ0) is 15.1. The highest BCUT2D eigenvalue weighted by Crippen LogP contribution is 2.26. The van der Waals surface area contributed by atoms with Gasteiger partial charge < -0.3 is 9.47 Å². The fraction of sp³-hybridized carbons (Fsp3) is 0.0588. The van der Waals surface area contributed by atoms with Gasteiger partial charge in [0.1, 0.15) is 24.6 Å². The molecular formula is C17H12N2O2. The third-order valence-electron chi connectivity index (χ3n) is 2.71. The van der Waals surface area contributed by atoms with Crippen LogP contribution in [0.3, 0.4) is 0 Å². The Morgan fingerprint density at radius 2 is 1.43 bits per heavy atom. The predicted molar refractivity (Wildman–Crippen MR) is 80.1 cm³/mol. The van der Waals surface area contributed by atoms with E-state index in [1.54, 1.807) is 24.3 Å². The van der Waals surface area contributed by atoms with Gasteiger partial charge in [0, 0.05) is 5.56 Å². The van der Waals surface area contributed by atoms with Crippen LogP contribution >= 0.6 is 0 Å². The molecule has 2 rings (SSSR count). The molecule has 0 aliphatic heterocycles. The van der Waals surface area contributed by atoms with E-state index in [1.807, 2.05) is 30.3 Å². The van der Waals surface area contributed by atoms with Crippen molar-refractivity contribution in [2.75, 3.05) is 7.11 Å². The molecule has 0 fully saturated rings. The van der Waals surface area contributed by atoms with Crippen LogP contribution < -0.4 is 4.74 Å². The quantitative estimate of drug-likeness (QED) is 0.603. The predicted octanol–water partition coefficient (Wildman–Crippen LogP) is 4.59. The number of hydrogen-bond donors (Lipinski definition) is 0. The first-order valence-corrected chi connectivity index (χ1v) is 6.15. The fourth-order valence-electron chi connectivity index (χ4n) is 1.76. The van der Waals surface area contributed by atoms with Gasteiger partial charge in [-0.3, -0.25) is 0 Å². The van der Waals surface area contributed by atoms with Crippen LogP contribution in [0, 0.1) is 13.1 Å². The molecule has 2 aromatic rings. The molecule has 0 amide bonds. The average molecular weight is 276 g/mol. The lowest BCUT2D eigenvalue weighted by atomic mass is 10.2. The Balaban J connectivity index is 2.26. The van der Waals surface area contributed by atoms with E-state index in [0.29, 0.717) is 11.3 Å². The Morgan fingerprint density at radius 3 is 1.95 bits per heavy atom. The summed E-state index contributed by atoms with van der Waals surface area (Å²) in [4.78, 5) is 6.33. The minimum Gasteiger partial charge on any atom is -0.500 e. The summed E-state index contributed by atoms with van der Waals surface area (Å²) in [5.41, 5.74) is 0.667. The molecule has 4 heteroatoms. The third-order valence-corrected chi connectivity index (χ3v) is 2.71. The van der Waals surface area contributed by atoms with Crippen LogP contribution in [-0.2, 0) is 4.74 Å². The summed E-state index contributed by atoms with van der Waals surface area (Å²) < 4.78 is 10.8. The van der Waals surface area contributed by atoms with E-state index in [-0.39, 0.29) is 11.6 Å².